The zero-order valence-corrected chi connectivity index (χ0v) is 12.2. The van der Waals surface area contributed by atoms with Crippen molar-refractivity contribution in [2.24, 2.45) is 11.1 Å². The molecule has 2 aliphatic rings. The zero-order valence-electron chi connectivity index (χ0n) is 11.4. The molecule has 0 aromatic carbocycles. The summed E-state index contributed by atoms with van der Waals surface area (Å²) in [5, 5.41) is 2.93. The van der Waals surface area contributed by atoms with Crippen LogP contribution in [0.4, 0.5) is 0 Å². The molecule has 5 nitrogen and oxygen atoms in total. The number of hydrogen-bond acceptors (Lipinski definition) is 4. The van der Waals surface area contributed by atoms with Gasteiger partial charge in [-0.05, 0) is 19.3 Å². The molecule has 0 aromatic heterocycles. The number of hydrogen-bond donors (Lipinski definition) is 2. The normalized spacial score (nSPS) is 29.6. The maximum Gasteiger partial charge on any atom is 0.227 e. The highest BCUT2D eigenvalue weighted by Gasteiger charge is 2.39. The summed E-state index contributed by atoms with van der Waals surface area (Å²) >= 11 is 0. The van der Waals surface area contributed by atoms with Crippen molar-refractivity contribution in [1.29, 1.82) is 0 Å². The summed E-state index contributed by atoms with van der Waals surface area (Å²) in [6.45, 7) is 0.359. The predicted molar refractivity (Wildman–Crippen MR) is 74.4 cm³/mol. The Morgan fingerprint density at radius 3 is 2.32 bits per heavy atom. The second kappa shape index (κ2) is 5.79. The summed E-state index contributed by atoms with van der Waals surface area (Å²) in [4.78, 5) is 12.5. The van der Waals surface area contributed by atoms with Crippen LogP contribution in [0, 0.1) is 5.41 Å². The maximum atomic E-state index is 12.5. The molecule has 19 heavy (non-hydrogen) atoms. The molecule has 1 atom stereocenters. The van der Waals surface area contributed by atoms with Crippen LogP contribution in [0.2, 0.25) is 0 Å². The molecule has 1 amide bonds. The Hall–Kier alpha value is -0.620. The molecule has 1 aliphatic carbocycles. The fraction of sp³-hybridized carbons (Fsp3) is 0.923. The first kappa shape index (κ1) is 14.8. The van der Waals surface area contributed by atoms with Gasteiger partial charge in [0.1, 0.15) is 0 Å². The van der Waals surface area contributed by atoms with Crippen molar-refractivity contribution >= 4 is 15.7 Å². The van der Waals surface area contributed by atoms with Crippen LogP contribution in [-0.4, -0.2) is 38.4 Å². The van der Waals surface area contributed by atoms with E-state index in [-0.39, 0.29) is 23.5 Å². The third-order valence-corrected chi connectivity index (χ3v) is 6.27. The topological polar surface area (TPSA) is 89.3 Å². The van der Waals surface area contributed by atoms with Crippen molar-refractivity contribution < 1.29 is 13.2 Å². The quantitative estimate of drug-likeness (QED) is 0.744. The molecule has 1 saturated carbocycles. The lowest BCUT2D eigenvalue weighted by molar-refractivity contribution is -0.132. The average molecular weight is 288 g/mol. The van der Waals surface area contributed by atoms with E-state index in [0.717, 1.165) is 38.5 Å². The van der Waals surface area contributed by atoms with Gasteiger partial charge in [-0.2, -0.15) is 0 Å². The summed E-state index contributed by atoms with van der Waals surface area (Å²) in [7, 11) is -2.95. The van der Waals surface area contributed by atoms with Crippen LogP contribution < -0.4 is 11.1 Å². The van der Waals surface area contributed by atoms with Crippen molar-refractivity contribution in [2.75, 3.05) is 18.1 Å². The molecule has 1 saturated heterocycles. The fourth-order valence-corrected chi connectivity index (χ4v) is 4.85. The lowest BCUT2D eigenvalue weighted by Crippen LogP contribution is -2.49. The summed E-state index contributed by atoms with van der Waals surface area (Å²) in [6, 6.07) is -0.218. The first-order valence-electron chi connectivity index (χ1n) is 7.19. The lowest BCUT2D eigenvalue weighted by atomic mass is 9.79. The van der Waals surface area contributed by atoms with E-state index in [1.54, 1.807) is 0 Å². The summed E-state index contributed by atoms with van der Waals surface area (Å²) in [6.07, 6.45) is 6.58. The molecule has 2 rings (SSSR count). The second-order valence-corrected chi connectivity index (χ2v) is 8.20. The van der Waals surface area contributed by atoms with Crippen molar-refractivity contribution in [3.8, 4) is 0 Å². The molecule has 110 valence electrons. The van der Waals surface area contributed by atoms with Crippen molar-refractivity contribution in [3.63, 3.8) is 0 Å². The van der Waals surface area contributed by atoms with E-state index in [2.05, 4.69) is 5.32 Å². The highest BCUT2D eigenvalue weighted by molar-refractivity contribution is 7.91. The molecule has 1 aliphatic heterocycles. The van der Waals surface area contributed by atoms with E-state index >= 15 is 0 Å². The monoisotopic (exact) mass is 288 g/mol. The van der Waals surface area contributed by atoms with E-state index in [0.29, 0.717) is 13.0 Å². The van der Waals surface area contributed by atoms with Gasteiger partial charge in [-0.3, -0.25) is 4.79 Å². The molecular weight excluding hydrogens is 264 g/mol. The number of carbonyl (C=O) groups excluding carboxylic acids is 1. The van der Waals surface area contributed by atoms with E-state index in [1.807, 2.05) is 0 Å². The van der Waals surface area contributed by atoms with Gasteiger partial charge >= 0.3 is 0 Å². The molecule has 1 heterocycles. The number of nitrogens with two attached hydrogens (primary N) is 1. The highest BCUT2D eigenvalue weighted by Crippen LogP contribution is 2.34. The van der Waals surface area contributed by atoms with E-state index in [9.17, 15) is 13.2 Å². The minimum absolute atomic E-state index is 0.0287. The van der Waals surface area contributed by atoms with Gasteiger partial charge < -0.3 is 11.1 Å². The largest absolute Gasteiger partial charge is 0.352 e. The molecule has 0 spiro atoms. The van der Waals surface area contributed by atoms with Crippen LogP contribution in [0.5, 0.6) is 0 Å². The standard InChI is InChI=1S/C13H24N2O3S/c14-10-13(6-3-1-2-4-7-13)12(16)15-11-5-8-19(17,18)9-11/h11H,1-10,14H2,(H,15,16). The van der Waals surface area contributed by atoms with Gasteiger partial charge in [0.25, 0.3) is 0 Å². The number of carbonyl (C=O) groups is 1. The predicted octanol–water partition coefficient (Wildman–Crippen LogP) is 0.589. The minimum atomic E-state index is -2.95. The van der Waals surface area contributed by atoms with Gasteiger partial charge in [0.2, 0.25) is 5.91 Å². The Morgan fingerprint density at radius 2 is 1.84 bits per heavy atom. The van der Waals surface area contributed by atoms with E-state index < -0.39 is 15.3 Å². The Kier molecular flexibility index (Phi) is 4.50. The second-order valence-electron chi connectivity index (χ2n) is 5.97. The fourth-order valence-electron chi connectivity index (χ4n) is 3.18. The molecule has 0 radical (unpaired) electrons. The number of sulfone groups is 1. The first-order chi connectivity index (χ1) is 8.97. The number of nitrogens with one attached hydrogen (secondary N) is 1. The average Bonchev–Trinajstić information content (AvgIpc) is 2.59. The van der Waals surface area contributed by atoms with E-state index in [4.69, 9.17) is 5.73 Å². The molecule has 1 unspecified atom stereocenters. The molecular formula is C13H24N2O3S. The molecule has 0 bridgehead atoms. The van der Waals surface area contributed by atoms with Gasteiger partial charge in [-0.25, -0.2) is 8.42 Å². The maximum absolute atomic E-state index is 12.5. The Bertz CT molecular complexity index is 425. The third-order valence-electron chi connectivity index (χ3n) is 4.50. The van der Waals surface area contributed by atoms with Crippen LogP contribution in [-0.2, 0) is 14.6 Å². The van der Waals surface area contributed by atoms with Crippen LogP contribution in [0.15, 0.2) is 0 Å². The van der Waals surface area contributed by atoms with Crippen LogP contribution in [0.1, 0.15) is 44.9 Å². The van der Waals surface area contributed by atoms with Gasteiger partial charge in [0, 0.05) is 12.6 Å². The molecule has 2 fully saturated rings. The van der Waals surface area contributed by atoms with Crippen molar-refractivity contribution in [1.82, 2.24) is 5.32 Å². The van der Waals surface area contributed by atoms with Crippen LogP contribution in [0.25, 0.3) is 0 Å². The smallest absolute Gasteiger partial charge is 0.227 e. The van der Waals surface area contributed by atoms with Gasteiger partial charge in [0.05, 0.1) is 16.9 Å². The summed E-state index contributed by atoms with van der Waals surface area (Å²) < 4.78 is 22.9. The van der Waals surface area contributed by atoms with Crippen molar-refractivity contribution in [2.45, 2.75) is 51.0 Å². The Morgan fingerprint density at radius 1 is 1.21 bits per heavy atom. The van der Waals surface area contributed by atoms with E-state index in [1.165, 1.54) is 0 Å². The zero-order chi connectivity index (χ0) is 13.9. The summed E-state index contributed by atoms with van der Waals surface area (Å²) in [5.74, 6) is 0.242. The SMILES string of the molecule is NCC1(C(=O)NC2CCS(=O)(=O)C2)CCCCCC1. The minimum Gasteiger partial charge on any atom is -0.352 e. The van der Waals surface area contributed by atoms with Crippen molar-refractivity contribution in [3.05, 3.63) is 0 Å². The number of amides is 1. The Balaban J connectivity index is 2.00. The van der Waals surface area contributed by atoms with Crippen LogP contribution >= 0.6 is 0 Å². The molecule has 0 aromatic rings. The lowest BCUT2D eigenvalue weighted by Gasteiger charge is -2.31. The Labute approximate surface area is 115 Å². The van der Waals surface area contributed by atoms with Gasteiger partial charge in [0.15, 0.2) is 9.84 Å². The van der Waals surface area contributed by atoms with Crippen LogP contribution in [0.3, 0.4) is 0 Å². The van der Waals surface area contributed by atoms with Gasteiger partial charge in [-0.1, -0.05) is 25.7 Å². The summed E-state index contributed by atoms with van der Waals surface area (Å²) in [5.41, 5.74) is 5.39. The molecule has 3 N–H and O–H groups in total. The number of rotatable bonds is 3. The highest BCUT2D eigenvalue weighted by atomic mass is 32.2. The first-order valence-corrected chi connectivity index (χ1v) is 9.01. The molecule has 6 heteroatoms. The van der Waals surface area contributed by atoms with Gasteiger partial charge in [-0.15, -0.1) is 0 Å². The third kappa shape index (κ3) is 3.48.